The summed E-state index contributed by atoms with van der Waals surface area (Å²) in [5.74, 6) is 0.216. The van der Waals surface area contributed by atoms with Crippen molar-refractivity contribution in [2.75, 3.05) is 11.5 Å². The lowest BCUT2D eigenvalue weighted by Crippen LogP contribution is -2.40. The van der Waals surface area contributed by atoms with Gasteiger partial charge in [-0.2, -0.15) is 0 Å². The quantitative estimate of drug-likeness (QED) is 0.610. The monoisotopic (exact) mass is 411 g/mol. The van der Waals surface area contributed by atoms with Crippen LogP contribution in [0.2, 0.25) is 0 Å². The highest BCUT2D eigenvalue weighted by molar-refractivity contribution is 5.86. The summed E-state index contributed by atoms with van der Waals surface area (Å²) in [4.78, 5) is 13.2. The van der Waals surface area contributed by atoms with Crippen LogP contribution in [0.4, 0.5) is 11.4 Å². The van der Waals surface area contributed by atoms with Crippen LogP contribution in [0.3, 0.4) is 0 Å². The van der Waals surface area contributed by atoms with Gasteiger partial charge in [0, 0.05) is 23.9 Å². The van der Waals surface area contributed by atoms with E-state index < -0.39 is 5.60 Å². The van der Waals surface area contributed by atoms with Gasteiger partial charge in [-0.15, -0.1) is 0 Å². The number of anilines is 2. The van der Waals surface area contributed by atoms with Crippen molar-refractivity contribution in [3.63, 3.8) is 0 Å². The summed E-state index contributed by atoms with van der Waals surface area (Å²) in [7, 11) is 0. The largest absolute Gasteiger partial charge is 0.396 e. The standard InChI is InChI=1S/C25H33NO4/c1-18-22(30-23(15-16-27)24(18)25(2,3)29)14-11-19-9-12-21(13-10-19)26(17-28)20-7-5-4-6-8-20/h4-10,12-13,17-18,22-24,27,29H,11,14-16H2,1-3H3/t18-,22+,23-,24+/m1/s1. The highest BCUT2D eigenvalue weighted by Crippen LogP contribution is 2.42. The molecule has 30 heavy (non-hydrogen) atoms. The Bertz CT molecular complexity index is 800. The predicted octanol–water partition coefficient (Wildman–Crippen LogP) is 4.09. The zero-order chi connectivity index (χ0) is 21.7. The molecule has 1 amide bonds. The van der Waals surface area contributed by atoms with Crippen molar-refractivity contribution < 1.29 is 19.7 Å². The number of carbonyl (C=O) groups excluding carboxylic acids is 1. The third-order valence-electron chi connectivity index (χ3n) is 6.20. The number of hydrogen-bond acceptors (Lipinski definition) is 4. The molecule has 0 aliphatic carbocycles. The Labute approximate surface area is 179 Å². The lowest BCUT2D eigenvalue weighted by atomic mass is 9.76. The summed E-state index contributed by atoms with van der Waals surface area (Å²) in [6.07, 6.45) is 3.01. The first-order valence-corrected chi connectivity index (χ1v) is 10.7. The Hall–Kier alpha value is -2.21. The van der Waals surface area contributed by atoms with E-state index >= 15 is 0 Å². The highest BCUT2D eigenvalue weighted by atomic mass is 16.5. The van der Waals surface area contributed by atoms with Crippen molar-refractivity contribution in [3.8, 4) is 0 Å². The number of aliphatic hydroxyl groups is 2. The van der Waals surface area contributed by atoms with Gasteiger partial charge in [-0.1, -0.05) is 37.3 Å². The molecule has 5 nitrogen and oxygen atoms in total. The minimum atomic E-state index is -0.842. The van der Waals surface area contributed by atoms with Crippen LogP contribution >= 0.6 is 0 Å². The lowest BCUT2D eigenvalue weighted by molar-refractivity contribution is -0.106. The van der Waals surface area contributed by atoms with Gasteiger partial charge in [0.15, 0.2) is 0 Å². The van der Waals surface area contributed by atoms with Crippen LogP contribution < -0.4 is 4.90 Å². The first kappa shape index (κ1) is 22.5. The lowest BCUT2D eigenvalue weighted by Gasteiger charge is -2.32. The third-order valence-corrected chi connectivity index (χ3v) is 6.20. The van der Waals surface area contributed by atoms with Crippen LogP contribution in [0.15, 0.2) is 54.6 Å². The first-order chi connectivity index (χ1) is 14.3. The number of para-hydroxylation sites is 1. The van der Waals surface area contributed by atoms with E-state index in [2.05, 4.69) is 6.92 Å². The molecule has 1 fully saturated rings. The number of aliphatic hydroxyl groups excluding tert-OH is 1. The van der Waals surface area contributed by atoms with Crippen LogP contribution in [0.1, 0.15) is 39.2 Å². The maximum absolute atomic E-state index is 11.6. The normalized spacial score (nSPS) is 24.0. The maximum Gasteiger partial charge on any atom is 0.218 e. The summed E-state index contributed by atoms with van der Waals surface area (Å²) in [5, 5.41) is 20.0. The minimum absolute atomic E-state index is 0.00375. The first-order valence-electron chi connectivity index (χ1n) is 10.7. The van der Waals surface area contributed by atoms with Gasteiger partial charge in [-0.3, -0.25) is 9.69 Å². The summed E-state index contributed by atoms with van der Waals surface area (Å²) in [5.41, 5.74) is 2.00. The molecule has 0 saturated carbocycles. The molecule has 2 aromatic carbocycles. The SMILES string of the molecule is C[C@H]1[C@H](C(C)(C)O)[C@@H](CCO)O[C@H]1CCc1ccc(N(C=O)c2ccccc2)cc1. The van der Waals surface area contributed by atoms with E-state index in [4.69, 9.17) is 4.74 Å². The summed E-state index contributed by atoms with van der Waals surface area (Å²) < 4.78 is 6.24. The van der Waals surface area contributed by atoms with Crippen molar-refractivity contribution >= 4 is 17.8 Å². The second-order valence-electron chi connectivity index (χ2n) is 8.78. The molecule has 1 aliphatic heterocycles. The average molecular weight is 412 g/mol. The fourth-order valence-electron chi connectivity index (χ4n) is 4.80. The molecule has 0 aromatic heterocycles. The third kappa shape index (κ3) is 5.09. The number of benzene rings is 2. The van der Waals surface area contributed by atoms with E-state index in [1.54, 1.807) is 4.90 Å². The Morgan fingerprint density at radius 2 is 1.63 bits per heavy atom. The van der Waals surface area contributed by atoms with Gasteiger partial charge in [0.1, 0.15) is 0 Å². The van der Waals surface area contributed by atoms with Gasteiger partial charge in [-0.05, 0) is 68.9 Å². The highest BCUT2D eigenvalue weighted by Gasteiger charge is 2.47. The number of hydrogen-bond donors (Lipinski definition) is 2. The maximum atomic E-state index is 11.6. The smallest absolute Gasteiger partial charge is 0.218 e. The molecule has 1 saturated heterocycles. The van der Waals surface area contributed by atoms with Gasteiger partial charge in [0.2, 0.25) is 6.41 Å². The van der Waals surface area contributed by atoms with Crippen LogP contribution in [0.25, 0.3) is 0 Å². The van der Waals surface area contributed by atoms with Crippen molar-refractivity contribution in [1.29, 1.82) is 0 Å². The summed E-state index contributed by atoms with van der Waals surface area (Å²) in [6.45, 7) is 5.85. The Morgan fingerprint density at radius 1 is 1.00 bits per heavy atom. The van der Waals surface area contributed by atoms with Gasteiger partial charge in [-0.25, -0.2) is 0 Å². The number of ether oxygens (including phenoxy) is 1. The van der Waals surface area contributed by atoms with Crippen molar-refractivity contribution in [3.05, 3.63) is 60.2 Å². The minimum Gasteiger partial charge on any atom is -0.396 e. The topological polar surface area (TPSA) is 70.0 Å². The van der Waals surface area contributed by atoms with Crippen molar-refractivity contribution in [1.82, 2.24) is 0 Å². The molecule has 0 radical (unpaired) electrons. The van der Waals surface area contributed by atoms with Crippen molar-refractivity contribution in [2.45, 2.75) is 57.8 Å². The Balaban J connectivity index is 1.64. The molecule has 2 aromatic rings. The molecule has 1 heterocycles. The molecule has 5 heteroatoms. The number of rotatable bonds is 9. The zero-order valence-electron chi connectivity index (χ0n) is 18.1. The van der Waals surface area contributed by atoms with E-state index in [1.165, 1.54) is 5.56 Å². The van der Waals surface area contributed by atoms with Gasteiger partial charge < -0.3 is 14.9 Å². The molecule has 3 rings (SSSR count). The number of carbonyl (C=O) groups is 1. The van der Waals surface area contributed by atoms with Crippen LogP contribution in [-0.2, 0) is 16.0 Å². The van der Waals surface area contributed by atoms with Crippen LogP contribution in [0, 0.1) is 11.8 Å². The van der Waals surface area contributed by atoms with E-state index in [0.717, 1.165) is 30.6 Å². The van der Waals surface area contributed by atoms with Gasteiger partial charge in [0.25, 0.3) is 0 Å². The molecule has 0 spiro atoms. The molecular weight excluding hydrogens is 378 g/mol. The molecule has 2 N–H and O–H groups in total. The second kappa shape index (κ2) is 9.73. The molecule has 4 atom stereocenters. The van der Waals surface area contributed by atoms with E-state index in [-0.39, 0.29) is 30.7 Å². The zero-order valence-corrected chi connectivity index (χ0v) is 18.1. The second-order valence-corrected chi connectivity index (χ2v) is 8.78. The summed E-state index contributed by atoms with van der Waals surface area (Å²) >= 11 is 0. The molecule has 162 valence electrons. The van der Waals surface area contributed by atoms with E-state index in [0.29, 0.717) is 6.42 Å². The molecule has 0 bridgehead atoms. The van der Waals surface area contributed by atoms with Gasteiger partial charge >= 0.3 is 0 Å². The molecule has 0 unspecified atom stereocenters. The predicted molar refractivity (Wildman–Crippen MR) is 119 cm³/mol. The molecule has 1 aliphatic rings. The Morgan fingerprint density at radius 3 is 2.20 bits per heavy atom. The summed E-state index contributed by atoms with van der Waals surface area (Å²) in [6, 6.07) is 17.6. The fraction of sp³-hybridized carbons (Fsp3) is 0.480. The number of amides is 1. The fourth-order valence-corrected chi connectivity index (χ4v) is 4.80. The molecular formula is C25H33NO4. The van der Waals surface area contributed by atoms with Gasteiger partial charge in [0.05, 0.1) is 17.8 Å². The van der Waals surface area contributed by atoms with Crippen molar-refractivity contribution in [2.24, 2.45) is 11.8 Å². The van der Waals surface area contributed by atoms with E-state index in [1.807, 2.05) is 68.4 Å². The van der Waals surface area contributed by atoms with Crippen LogP contribution in [-0.4, -0.2) is 41.0 Å². The Kier molecular flexibility index (Phi) is 7.29. The number of aryl methyl sites for hydroxylation is 1. The van der Waals surface area contributed by atoms with Crippen LogP contribution in [0.5, 0.6) is 0 Å². The van der Waals surface area contributed by atoms with E-state index in [9.17, 15) is 15.0 Å². The average Bonchev–Trinajstić information content (AvgIpc) is 3.04. The number of nitrogens with zero attached hydrogens (tertiary/aromatic N) is 1.